The number of aromatic nitrogens is 2. The van der Waals surface area contributed by atoms with Crippen LogP contribution in [0.2, 0.25) is 0 Å². The topological polar surface area (TPSA) is 58.5 Å². The zero-order valence-electron chi connectivity index (χ0n) is 14.5. The van der Waals surface area contributed by atoms with Crippen LogP contribution in [0, 0.1) is 0 Å². The SMILES string of the molecule is Brc1ccc(Cc2nc(CN3CCN(Cc4ccco4)CC3)no2)cc1. The zero-order chi connectivity index (χ0) is 17.8. The molecule has 3 aromatic rings. The minimum absolute atomic E-state index is 0.664. The molecule has 0 radical (unpaired) electrons. The minimum atomic E-state index is 0.664. The second-order valence-electron chi connectivity index (χ2n) is 6.54. The first-order chi connectivity index (χ1) is 12.7. The van der Waals surface area contributed by atoms with Crippen LogP contribution in [0.5, 0.6) is 0 Å². The van der Waals surface area contributed by atoms with Gasteiger partial charge in [-0.15, -0.1) is 0 Å². The molecule has 0 atom stereocenters. The van der Waals surface area contributed by atoms with Gasteiger partial charge in [0.1, 0.15) is 5.76 Å². The highest BCUT2D eigenvalue weighted by atomic mass is 79.9. The van der Waals surface area contributed by atoms with Gasteiger partial charge >= 0.3 is 0 Å². The molecule has 0 aliphatic carbocycles. The lowest BCUT2D eigenvalue weighted by Gasteiger charge is -2.33. The average molecular weight is 417 g/mol. The number of halogens is 1. The first-order valence-corrected chi connectivity index (χ1v) is 9.57. The van der Waals surface area contributed by atoms with Crippen molar-refractivity contribution in [3.8, 4) is 0 Å². The Morgan fingerprint density at radius 2 is 1.69 bits per heavy atom. The van der Waals surface area contributed by atoms with Gasteiger partial charge in [0.15, 0.2) is 5.82 Å². The van der Waals surface area contributed by atoms with Gasteiger partial charge in [0.05, 0.1) is 25.8 Å². The molecule has 0 N–H and O–H groups in total. The summed E-state index contributed by atoms with van der Waals surface area (Å²) in [6.45, 7) is 5.64. The third kappa shape index (κ3) is 4.60. The Balaban J connectivity index is 1.26. The predicted octanol–water partition coefficient (Wildman–Crippen LogP) is 3.33. The molecule has 1 fully saturated rings. The maximum Gasteiger partial charge on any atom is 0.231 e. The second kappa shape index (κ2) is 8.16. The average Bonchev–Trinajstić information content (AvgIpc) is 3.31. The maximum atomic E-state index is 5.43. The molecule has 1 aromatic carbocycles. The van der Waals surface area contributed by atoms with E-state index in [1.54, 1.807) is 6.26 Å². The Labute approximate surface area is 160 Å². The Bertz CT molecular complexity index is 808. The monoisotopic (exact) mass is 416 g/mol. The second-order valence-corrected chi connectivity index (χ2v) is 7.45. The molecule has 1 aliphatic heterocycles. The van der Waals surface area contributed by atoms with Crippen LogP contribution in [0.3, 0.4) is 0 Å². The van der Waals surface area contributed by atoms with Gasteiger partial charge in [0, 0.05) is 30.7 Å². The van der Waals surface area contributed by atoms with Crippen LogP contribution in [0.25, 0.3) is 0 Å². The third-order valence-electron chi connectivity index (χ3n) is 4.57. The fourth-order valence-corrected chi connectivity index (χ4v) is 3.40. The smallest absolute Gasteiger partial charge is 0.231 e. The van der Waals surface area contributed by atoms with Crippen LogP contribution in [0.4, 0.5) is 0 Å². The number of nitrogens with zero attached hydrogens (tertiary/aromatic N) is 4. The largest absolute Gasteiger partial charge is 0.468 e. The number of benzene rings is 1. The van der Waals surface area contributed by atoms with Gasteiger partial charge in [0.25, 0.3) is 0 Å². The highest BCUT2D eigenvalue weighted by Crippen LogP contribution is 2.14. The standard InChI is InChI=1S/C19H21BrN4O2/c20-16-5-3-15(4-6-16)12-19-21-18(22-26-19)14-24-9-7-23(8-10-24)13-17-2-1-11-25-17/h1-6,11H,7-10,12-14H2. The number of hydrogen-bond donors (Lipinski definition) is 0. The van der Waals surface area contributed by atoms with Crippen molar-refractivity contribution in [2.75, 3.05) is 26.2 Å². The van der Waals surface area contributed by atoms with Crippen LogP contribution < -0.4 is 0 Å². The summed E-state index contributed by atoms with van der Waals surface area (Å²) in [5.41, 5.74) is 1.16. The highest BCUT2D eigenvalue weighted by molar-refractivity contribution is 9.10. The molecule has 0 amide bonds. The number of furan rings is 1. The summed E-state index contributed by atoms with van der Waals surface area (Å²) in [4.78, 5) is 9.32. The highest BCUT2D eigenvalue weighted by Gasteiger charge is 2.19. The quantitative estimate of drug-likeness (QED) is 0.613. The Morgan fingerprint density at radius 3 is 2.38 bits per heavy atom. The van der Waals surface area contributed by atoms with Gasteiger partial charge in [-0.2, -0.15) is 4.98 Å². The van der Waals surface area contributed by atoms with Gasteiger partial charge in [-0.1, -0.05) is 33.2 Å². The number of hydrogen-bond acceptors (Lipinski definition) is 6. The first-order valence-electron chi connectivity index (χ1n) is 8.77. The van der Waals surface area contributed by atoms with Crippen molar-refractivity contribution < 1.29 is 8.94 Å². The lowest BCUT2D eigenvalue weighted by molar-refractivity contribution is 0.113. The van der Waals surface area contributed by atoms with Gasteiger partial charge in [-0.25, -0.2) is 0 Å². The summed E-state index contributed by atoms with van der Waals surface area (Å²) >= 11 is 3.45. The Kier molecular flexibility index (Phi) is 5.48. The Morgan fingerprint density at radius 1 is 0.962 bits per heavy atom. The van der Waals surface area contributed by atoms with E-state index < -0.39 is 0 Å². The van der Waals surface area contributed by atoms with Crippen molar-refractivity contribution in [1.29, 1.82) is 0 Å². The molecule has 0 bridgehead atoms. The van der Waals surface area contributed by atoms with E-state index in [-0.39, 0.29) is 0 Å². The molecule has 6 nitrogen and oxygen atoms in total. The van der Waals surface area contributed by atoms with Crippen LogP contribution >= 0.6 is 15.9 Å². The van der Waals surface area contributed by atoms with E-state index >= 15 is 0 Å². The van der Waals surface area contributed by atoms with Crippen molar-refractivity contribution in [2.24, 2.45) is 0 Å². The molecule has 7 heteroatoms. The Hall–Kier alpha value is -1.96. The fraction of sp³-hybridized carbons (Fsp3) is 0.368. The van der Waals surface area contributed by atoms with E-state index in [4.69, 9.17) is 8.94 Å². The number of rotatable bonds is 6. The lowest BCUT2D eigenvalue weighted by atomic mass is 10.1. The van der Waals surface area contributed by atoms with Crippen LogP contribution in [0.15, 0.2) is 56.1 Å². The summed E-state index contributed by atoms with van der Waals surface area (Å²) in [7, 11) is 0. The molecule has 0 spiro atoms. The zero-order valence-corrected chi connectivity index (χ0v) is 16.1. The van der Waals surface area contributed by atoms with E-state index in [0.29, 0.717) is 12.3 Å². The summed E-state index contributed by atoms with van der Waals surface area (Å²) < 4.78 is 11.9. The van der Waals surface area contributed by atoms with Crippen LogP contribution in [-0.2, 0) is 19.5 Å². The van der Waals surface area contributed by atoms with Crippen molar-refractivity contribution in [3.63, 3.8) is 0 Å². The minimum Gasteiger partial charge on any atom is -0.468 e. The van der Waals surface area contributed by atoms with Crippen molar-refractivity contribution in [2.45, 2.75) is 19.5 Å². The van der Waals surface area contributed by atoms with E-state index in [1.165, 1.54) is 0 Å². The van der Waals surface area contributed by atoms with E-state index in [2.05, 4.69) is 48.0 Å². The first kappa shape index (κ1) is 17.5. The summed E-state index contributed by atoms with van der Waals surface area (Å²) in [6.07, 6.45) is 2.39. The summed E-state index contributed by atoms with van der Waals surface area (Å²) in [5.74, 6) is 2.45. The molecular formula is C19H21BrN4O2. The third-order valence-corrected chi connectivity index (χ3v) is 5.10. The van der Waals surface area contributed by atoms with Crippen molar-refractivity contribution in [1.82, 2.24) is 19.9 Å². The van der Waals surface area contributed by atoms with E-state index in [9.17, 15) is 0 Å². The molecule has 136 valence electrons. The summed E-state index contributed by atoms with van der Waals surface area (Å²) in [6, 6.07) is 12.1. The van der Waals surface area contributed by atoms with Gasteiger partial charge < -0.3 is 8.94 Å². The van der Waals surface area contributed by atoms with Gasteiger partial charge in [0.2, 0.25) is 5.89 Å². The summed E-state index contributed by atoms with van der Waals surface area (Å²) in [5, 5.41) is 4.14. The normalized spacial score (nSPS) is 16.2. The molecule has 3 heterocycles. The molecule has 0 unspecified atom stereocenters. The number of piperazine rings is 1. The van der Waals surface area contributed by atoms with Crippen LogP contribution in [-0.4, -0.2) is 46.1 Å². The van der Waals surface area contributed by atoms with Crippen LogP contribution in [0.1, 0.15) is 23.0 Å². The molecule has 2 aromatic heterocycles. The van der Waals surface area contributed by atoms with E-state index in [0.717, 1.165) is 60.9 Å². The van der Waals surface area contributed by atoms with E-state index in [1.807, 2.05) is 24.3 Å². The van der Waals surface area contributed by atoms with Gasteiger partial charge in [-0.3, -0.25) is 9.80 Å². The maximum absolute atomic E-state index is 5.43. The molecule has 1 saturated heterocycles. The molecular weight excluding hydrogens is 396 g/mol. The molecule has 0 saturated carbocycles. The van der Waals surface area contributed by atoms with Gasteiger partial charge in [-0.05, 0) is 29.8 Å². The van der Waals surface area contributed by atoms with Crippen molar-refractivity contribution in [3.05, 3.63) is 70.2 Å². The molecule has 26 heavy (non-hydrogen) atoms. The molecule has 4 rings (SSSR count). The fourth-order valence-electron chi connectivity index (χ4n) is 3.13. The molecule has 1 aliphatic rings. The van der Waals surface area contributed by atoms with Crippen molar-refractivity contribution >= 4 is 15.9 Å². The predicted molar refractivity (Wildman–Crippen MR) is 101 cm³/mol. The lowest BCUT2D eigenvalue weighted by Crippen LogP contribution is -2.45.